The number of para-hydroxylation sites is 1. The van der Waals surface area contributed by atoms with Crippen LogP contribution in [-0.2, 0) is 4.79 Å². The summed E-state index contributed by atoms with van der Waals surface area (Å²) in [4.78, 5) is 19.3. The van der Waals surface area contributed by atoms with Crippen LogP contribution in [0.5, 0.6) is 0 Å². The number of hydrogen-bond donors (Lipinski definition) is 1. The Balaban J connectivity index is 0.00000169. The van der Waals surface area contributed by atoms with Crippen molar-refractivity contribution in [2.24, 2.45) is 11.8 Å². The van der Waals surface area contributed by atoms with E-state index in [-0.39, 0.29) is 36.8 Å². The maximum atomic E-state index is 12.7. The van der Waals surface area contributed by atoms with E-state index in [0.29, 0.717) is 18.3 Å². The fourth-order valence-corrected chi connectivity index (χ4v) is 4.51. The monoisotopic (exact) mass is 417 g/mol. The molecule has 1 aromatic heterocycles. The number of rotatable bonds is 5. The topological polar surface area (TPSA) is 45.2 Å². The molecule has 1 N–H and O–H groups in total. The summed E-state index contributed by atoms with van der Waals surface area (Å²) < 4.78 is 1.18. The number of nitrogens with zero attached hydrogens (tertiary/aromatic N) is 2. The number of halogens is 2. The largest absolute Gasteiger partial charge is 0.337 e. The average Bonchev–Trinajstić information content (AvgIpc) is 3.05. The summed E-state index contributed by atoms with van der Waals surface area (Å²) in [6.45, 7) is 6.47. The lowest BCUT2D eigenvalue weighted by Crippen LogP contribution is -2.35. The van der Waals surface area contributed by atoms with Gasteiger partial charge in [-0.15, -0.1) is 36.2 Å². The number of nitrogens with one attached hydrogen (secondary N) is 1. The van der Waals surface area contributed by atoms with Crippen LogP contribution in [0.2, 0.25) is 0 Å². The van der Waals surface area contributed by atoms with Crippen molar-refractivity contribution in [3.05, 3.63) is 29.3 Å². The summed E-state index contributed by atoms with van der Waals surface area (Å²) in [7, 11) is 1.91. The van der Waals surface area contributed by atoms with Gasteiger partial charge in [-0.05, 0) is 56.8 Å². The normalized spacial score (nSPS) is 17.0. The van der Waals surface area contributed by atoms with Crippen molar-refractivity contribution in [1.29, 1.82) is 0 Å². The standard InChI is InChI=1S/C19H27N3OS.2ClH/c1-13(15-8-10-20-11-9-15)12-18(23)22(3)14(2)19-21-16-6-4-5-7-17(16)24-19;;/h4-7,13-15,20H,8-12H2,1-3H3;2*1H. The minimum Gasteiger partial charge on any atom is -0.337 e. The van der Waals surface area contributed by atoms with Gasteiger partial charge in [-0.25, -0.2) is 4.98 Å². The van der Waals surface area contributed by atoms with Gasteiger partial charge in [0.25, 0.3) is 0 Å². The number of piperidine rings is 1. The van der Waals surface area contributed by atoms with Gasteiger partial charge in [-0.3, -0.25) is 4.79 Å². The molecule has 0 radical (unpaired) electrons. The molecule has 1 aromatic carbocycles. The van der Waals surface area contributed by atoms with Gasteiger partial charge in [0.05, 0.1) is 16.3 Å². The number of hydrogen-bond acceptors (Lipinski definition) is 4. The fourth-order valence-electron chi connectivity index (χ4n) is 3.45. The molecule has 146 valence electrons. The Morgan fingerprint density at radius 1 is 1.27 bits per heavy atom. The smallest absolute Gasteiger partial charge is 0.223 e. The first-order chi connectivity index (χ1) is 11.6. The number of benzene rings is 1. The second kappa shape index (κ2) is 10.5. The van der Waals surface area contributed by atoms with Crippen LogP contribution in [0.4, 0.5) is 0 Å². The Labute approximate surface area is 172 Å². The maximum Gasteiger partial charge on any atom is 0.223 e. The molecule has 0 spiro atoms. The van der Waals surface area contributed by atoms with Crippen molar-refractivity contribution in [3.8, 4) is 0 Å². The lowest BCUT2D eigenvalue weighted by atomic mass is 9.84. The minimum absolute atomic E-state index is 0. The molecule has 1 amide bonds. The van der Waals surface area contributed by atoms with E-state index in [2.05, 4.69) is 25.2 Å². The highest BCUT2D eigenvalue weighted by Crippen LogP contribution is 2.30. The van der Waals surface area contributed by atoms with Crippen molar-refractivity contribution in [3.63, 3.8) is 0 Å². The third-order valence-electron chi connectivity index (χ3n) is 5.33. The minimum atomic E-state index is 0. The predicted octanol–water partition coefficient (Wildman–Crippen LogP) is 4.69. The summed E-state index contributed by atoms with van der Waals surface area (Å²) in [5.41, 5.74) is 1.02. The lowest BCUT2D eigenvalue weighted by molar-refractivity contribution is -0.133. The summed E-state index contributed by atoms with van der Waals surface area (Å²) in [6.07, 6.45) is 3.01. The Bertz CT molecular complexity index is 670. The predicted molar refractivity (Wildman–Crippen MR) is 115 cm³/mol. The highest BCUT2D eigenvalue weighted by Gasteiger charge is 2.26. The van der Waals surface area contributed by atoms with E-state index in [4.69, 9.17) is 4.98 Å². The van der Waals surface area contributed by atoms with Crippen LogP contribution in [0, 0.1) is 11.8 Å². The second-order valence-electron chi connectivity index (χ2n) is 6.97. The molecular weight excluding hydrogens is 389 g/mol. The molecular formula is C19H29Cl2N3OS. The van der Waals surface area contributed by atoms with Gasteiger partial charge < -0.3 is 10.2 Å². The Hall–Kier alpha value is -0.880. The zero-order valence-corrected chi connectivity index (χ0v) is 18.1. The average molecular weight is 418 g/mol. The summed E-state index contributed by atoms with van der Waals surface area (Å²) >= 11 is 1.68. The Morgan fingerprint density at radius 3 is 2.58 bits per heavy atom. The third-order valence-corrected chi connectivity index (χ3v) is 6.53. The Kier molecular flexibility index (Phi) is 9.31. The van der Waals surface area contributed by atoms with Crippen molar-refractivity contribution in [2.75, 3.05) is 20.1 Å². The molecule has 1 fully saturated rings. The van der Waals surface area contributed by atoms with Gasteiger partial charge in [0.1, 0.15) is 5.01 Å². The molecule has 2 heterocycles. The van der Waals surface area contributed by atoms with E-state index in [1.807, 2.05) is 30.1 Å². The molecule has 2 atom stereocenters. The molecule has 26 heavy (non-hydrogen) atoms. The van der Waals surface area contributed by atoms with Crippen LogP contribution in [0.15, 0.2) is 24.3 Å². The van der Waals surface area contributed by atoms with Crippen LogP contribution in [-0.4, -0.2) is 35.9 Å². The molecule has 1 aliphatic rings. The number of amides is 1. The van der Waals surface area contributed by atoms with E-state index in [9.17, 15) is 4.79 Å². The highest BCUT2D eigenvalue weighted by atomic mass is 35.5. The molecule has 0 saturated carbocycles. The summed E-state index contributed by atoms with van der Waals surface area (Å²) in [5, 5.41) is 4.41. The van der Waals surface area contributed by atoms with E-state index < -0.39 is 0 Å². The molecule has 0 bridgehead atoms. The first-order valence-electron chi connectivity index (χ1n) is 8.88. The van der Waals surface area contributed by atoms with E-state index >= 15 is 0 Å². The summed E-state index contributed by atoms with van der Waals surface area (Å²) in [5.74, 6) is 1.35. The number of carbonyl (C=O) groups is 1. The van der Waals surface area contributed by atoms with Crippen LogP contribution in [0.1, 0.15) is 44.2 Å². The van der Waals surface area contributed by atoms with Crippen LogP contribution in [0.3, 0.4) is 0 Å². The van der Waals surface area contributed by atoms with Crippen LogP contribution < -0.4 is 5.32 Å². The van der Waals surface area contributed by atoms with Crippen molar-refractivity contribution in [2.45, 2.75) is 39.2 Å². The molecule has 4 nitrogen and oxygen atoms in total. The molecule has 1 aliphatic heterocycles. The quantitative estimate of drug-likeness (QED) is 0.767. The SMILES string of the molecule is CC(CC(=O)N(C)C(C)c1nc2ccccc2s1)C1CCNCC1.Cl.Cl. The van der Waals surface area contributed by atoms with Gasteiger partial charge in [0.2, 0.25) is 5.91 Å². The maximum absolute atomic E-state index is 12.7. The fraction of sp³-hybridized carbons (Fsp3) is 0.579. The van der Waals surface area contributed by atoms with Crippen molar-refractivity contribution >= 4 is 52.3 Å². The summed E-state index contributed by atoms with van der Waals surface area (Å²) in [6, 6.07) is 8.18. The number of aromatic nitrogens is 1. The van der Waals surface area contributed by atoms with Crippen molar-refractivity contribution < 1.29 is 4.79 Å². The molecule has 3 rings (SSSR count). The number of thiazole rings is 1. The zero-order valence-electron chi connectivity index (χ0n) is 15.6. The van der Waals surface area contributed by atoms with Gasteiger partial charge in [-0.2, -0.15) is 0 Å². The second-order valence-corrected chi connectivity index (χ2v) is 8.03. The van der Waals surface area contributed by atoms with Gasteiger partial charge >= 0.3 is 0 Å². The van der Waals surface area contributed by atoms with Gasteiger partial charge in [-0.1, -0.05) is 19.1 Å². The number of carbonyl (C=O) groups excluding carboxylic acids is 1. The number of fused-ring (bicyclic) bond motifs is 1. The molecule has 2 aromatic rings. The molecule has 0 aliphatic carbocycles. The van der Waals surface area contributed by atoms with E-state index in [1.54, 1.807) is 11.3 Å². The van der Waals surface area contributed by atoms with Crippen LogP contribution >= 0.6 is 36.2 Å². The Morgan fingerprint density at radius 2 is 1.92 bits per heavy atom. The van der Waals surface area contributed by atoms with Gasteiger partial charge in [0, 0.05) is 13.5 Å². The molecule has 7 heteroatoms. The van der Waals surface area contributed by atoms with Crippen LogP contribution in [0.25, 0.3) is 10.2 Å². The van der Waals surface area contributed by atoms with E-state index in [0.717, 1.165) is 23.6 Å². The molecule has 2 unspecified atom stereocenters. The lowest BCUT2D eigenvalue weighted by Gasteiger charge is -2.30. The first kappa shape index (κ1) is 23.2. The zero-order chi connectivity index (χ0) is 17.1. The molecule has 1 saturated heterocycles. The van der Waals surface area contributed by atoms with Crippen molar-refractivity contribution in [1.82, 2.24) is 15.2 Å². The van der Waals surface area contributed by atoms with E-state index in [1.165, 1.54) is 17.5 Å². The van der Waals surface area contributed by atoms with Gasteiger partial charge in [0.15, 0.2) is 0 Å². The third kappa shape index (κ3) is 5.32. The highest BCUT2D eigenvalue weighted by molar-refractivity contribution is 7.18. The first-order valence-corrected chi connectivity index (χ1v) is 9.69.